The largest absolute Gasteiger partial charge is 0.379 e. The number of aromatic nitrogens is 2. The maximum Gasteiger partial charge on any atom is 0.251 e. The number of amides is 1. The molecule has 0 spiro atoms. The van der Waals surface area contributed by atoms with Crippen LogP contribution >= 0.6 is 11.8 Å². The lowest BCUT2D eigenvalue weighted by Crippen LogP contribution is -2.41. The molecule has 1 aliphatic heterocycles. The van der Waals surface area contributed by atoms with Crippen molar-refractivity contribution < 1.29 is 9.53 Å². The van der Waals surface area contributed by atoms with Gasteiger partial charge in [-0.15, -0.1) is 10.2 Å². The predicted octanol–water partition coefficient (Wildman–Crippen LogP) is 3.81. The number of benzene rings is 2. The summed E-state index contributed by atoms with van der Waals surface area (Å²) in [5, 5.41) is 12.6. The van der Waals surface area contributed by atoms with Crippen LogP contribution in [0.5, 0.6) is 0 Å². The molecule has 166 valence electrons. The van der Waals surface area contributed by atoms with Crippen LogP contribution in [0.1, 0.15) is 21.5 Å². The van der Waals surface area contributed by atoms with Crippen molar-refractivity contribution in [3.63, 3.8) is 0 Å². The molecule has 1 aliphatic rings. The van der Waals surface area contributed by atoms with E-state index in [4.69, 9.17) is 4.74 Å². The molecular formula is C25H28N4O2S. The first kappa shape index (κ1) is 22.5. The Morgan fingerprint density at radius 3 is 2.62 bits per heavy atom. The first-order valence-electron chi connectivity index (χ1n) is 10.9. The van der Waals surface area contributed by atoms with E-state index < -0.39 is 0 Å². The number of carbonyl (C=O) groups is 1. The zero-order valence-electron chi connectivity index (χ0n) is 18.3. The van der Waals surface area contributed by atoms with Crippen molar-refractivity contribution in [1.29, 1.82) is 0 Å². The van der Waals surface area contributed by atoms with E-state index in [2.05, 4.69) is 51.6 Å². The van der Waals surface area contributed by atoms with Crippen LogP contribution in [-0.4, -0.2) is 60.4 Å². The number of nitrogens with one attached hydrogen (secondary N) is 1. The maximum atomic E-state index is 12.5. The van der Waals surface area contributed by atoms with Crippen molar-refractivity contribution in [1.82, 2.24) is 20.4 Å². The normalized spacial score (nSPS) is 14.3. The van der Waals surface area contributed by atoms with E-state index in [9.17, 15) is 4.79 Å². The van der Waals surface area contributed by atoms with Crippen LogP contribution in [0.15, 0.2) is 65.7 Å². The fourth-order valence-electron chi connectivity index (χ4n) is 3.49. The van der Waals surface area contributed by atoms with Gasteiger partial charge in [0.1, 0.15) is 5.03 Å². The zero-order valence-corrected chi connectivity index (χ0v) is 19.1. The number of rotatable bonds is 8. The van der Waals surface area contributed by atoms with Crippen molar-refractivity contribution in [3.05, 3.63) is 77.4 Å². The van der Waals surface area contributed by atoms with Crippen LogP contribution in [-0.2, 0) is 10.5 Å². The number of hydrogen-bond donors (Lipinski definition) is 1. The van der Waals surface area contributed by atoms with E-state index in [0.717, 1.165) is 60.4 Å². The first-order chi connectivity index (χ1) is 15.7. The predicted molar refractivity (Wildman–Crippen MR) is 128 cm³/mol. The minimum atomic E-state index is -0.0349. The number of carbonyl (C=O) groups excluding carboxylic acids is 1. The molecule has 1 saturated heterocycles. The number of aryl methyl sites for hydroxylation is 1. The van der Waals surface area contributed by atoms with Gasteiger partial charge in [0.05, 0.1) is 18.9 Å². The quantitative estimate of drug-likeness (QED) is 0.529. The highest BCUT2D eigenvalue weighted by molar-refractivity contribution is 7.98. The number of nitrogens with zero attached hydrogens (tertiary/aromatic N) is 3. The Balaban J connectivity index is 1.27. The third-order valence-electron chi connectivity index (χ3n) is 5.38. The topological polar surface area (TPSA) is 67.4 Å². The van der Waals surface area contributed by atoms with Gasteiger partial charge in [0.25, 0.3) is 5.91 Å². The number of ether oxygens (including phenoxy) is 1. The molecule has 32 heavy (non-hydrogen) atoms. The standard InChI is InChI=1S/C25H28N4O2S/c1-19-5-7-21(8-6-19)23-9-10-24(28-27-23)32-18-20-3-2-4-22(17-20)25(30)26-11-12-29-13-15-31-16-14-29/h2-10,17H,11-16,18H2,1H3,(H,26,30). The molecule has 0 aliphatic carbocycles. The number of hydrogen-bond acceptors (Lipinski definition) is 6. The molecule has 0 unspecified atom stereocenters. The van der Waals surface area contributed by atoms with Gasteiger partial charge in [-0.25, -0.2) is 0 Å². The molecule has 0 atom stereocenters. The van der Waals surface area contributed by atoms with Crippen LogP contribution in [0.2, 0.25) is 0 Å². The minimum Gasteiger partial charge on any atom is -0.379 e. The number of thioether (sulfide) groups is 1. The van der Waals surface area contributed by atoms with E-state index in [1.807, 2.05) is 36.4 Å². The van der Waals surface area contributed by atoms with Gasteiger partial charge in [-0.05, 0) is 36.8 Å². The molecule has 1 fully saturated rings. The molecule has 6 nitrogen and oxygen atoms in total. The Labute approximate surface area is 193 Å². The minimum absolute atomic E-state index is 0.0349. The van der Waals surface area contributed by atoms with Gasteiger partial charge in [0.2, 0.25) is 0 Å². The van der Waals surface area contributed by atoms with Gasteiger partial charge in [-0.2, -0.15) is 0 Å². The summed E-state index contributed by atoms with van der Waals surface area (Å²) in [5.74, 6) is 0.695. The van der Waals surface area contributed by atoms with E-state index in [1.54, 1.807) is 11.8 Å². The fourth-order valence-corrected chi connectivity index (χ4v) is 4.25. The highest BCUT2D eigenvalue weighted by atomic mass is 32.2. The Morgan fingerprint density at radius 1 is 1.06 bits per heavy atom. The Hall–Kier alpha value is -2.74. The van der Waals surface area contributed by atoms with Gasteiger partial charge in [0.15, 0.2) is 0 Å². The van der Waals surface area contributed by atoms with Gasteiger partial charge >= 0.3 is 0 Å². The van der Waals surface area contributed by atoms with E-state index >= 15 is 0 Å². The lowest BCUT2D eigenvalue weighted by atomic mass is 10.1. The average molecular weight is 449 g/mol. The van der Waals surface area contributed by atoms with Crippen molar-refractivity contribution in [2.75, 3.05) is 39.4 Å². The summed E-state index contributed by atoms with van der Waals surface area (Å²) in [6.45, 7) is 6.95. The third-order valence-corrected chi connectivity index (χ3v) is 6.37. The van der Waals surface area contributed by atoms with Crippen LogP contribution in [0, 0.1) is 6.92 Å². The molecule has 2 heterocycles. The van der Waals surface area contributed by atoms with Crippen molar-refractivity contribution >= 4 is 17.7 Å². The molecule has 1 amide bonds. The Bertz CT molecular complexity index is 1020. The molecule has 7 heteroatoms. The van der Waals surface area contributed by atoms with Gasteiger partial charge in [0, 0.05) is 43.1 Å². The summed E-state index contributed by atoms with van der Waals surface area (Å²) in [4.78, 5) is 14.8. The highest BCUT2D eigenvalue weighted by Crippen LogP contribution is 2.23. The van der Waals surface area contributed by atoms with Gasteiger partial charge < -0.3 is 10.1 Å². The number of morpholine rings is 1. The Morgan fingerprint density at radius 2 is 1.88 bits per heavy atom. The van der Waals surface area contributed by atoms with Crippen molar-refractivity contribution in [2.24, 2.45) is 0 Å². The van der Waals surface area contributed by atoms with E-state index in [-0.39, 0.29) is 5.91 Å². The SMILES string of the molecule is Cc1ccc(-c2ccc(SCc3cccc(C(=O)NCCN4CCOCC4)c3)nn2)cc1. The van der Waals surface area contributed by atoms with E-state index in [0.29, 0.717) is 12.1 Å². The van der Waals surface area contributed by atoms with Crippen LogP contribution in [0.25, 0.3) is 11.3 Å². The summed E-state index contributed by atoms with van der Waals surface area (Å²) in [7, 11) is 0. The van der Waals surface area contributed by atoms with Gasteiger partial charge in [-0.3, -0.25) is 9.69 Å². The second-order valence-electron chi connectivity index (χ2n) is 7.82. The molecule has 3 aromatic rings. The van der Waals surface area contributed by atoms with Crippen LogP contribution in [0.4, 0.5) is 0 Å². The molecular weight excluding hydrogens is 420 g/mol. The monoisotopic (exact) mass is 448 g/mol. The summed E-state index contributed by atoms with van der Waals surface area (Å²) in [6.07, 6.45) is 0. The fraction of sp³-hybridized carbons (Fsp3) is 0.320. The smallest absolute Gasteiger partial charge is 0.251 e. The second-order valence-corrected chi connectivity index (χ2v) is 8.82. The zero-order chi connectivity index (χ0) is 22.2. The molecule has 1 aromatic heterocycles. The molecule has 4 rings (SSSR count). The van der Waals surface area contributed by atoms with Crippen molar-refractivity contribution in [2.45, 2.75) is 17.7 Å². The summed E-state index contributed by atoms with van der Waals surface area (Å²) in [5.41, 5.74) is 4.92. The molecule has 1 N–H and O–H groups in total. The summed E-state index contributed by atoms with van der Waals surface area (Å²) < 4.78 is 5.36. The second kappa shape index (κ2) is 11.2. The molecule has 0 radical (unpaired) electrons. The van der Waals surface area contributed by atoms with Crippen molar-refractivity contribution in [3.8, 4) is 11.3 Å². The summed E-state index contributed by atoms with van der Waals surface area (Å²) in [6, 6.07) is 20.0. The lowest BCUT2D eigenvalue weighted by Gasteiger charge is -2.26. The third kappa shape index (κ3) is 6.38. The Kier molecular flexibility index (Phi) is 7.87. The first-order valence-corrected chi connectivity index (χ1v) is 11.9. The molecule has 0 saturated carbocycles. The summed E-state index contributed by atoms with van der Waals surface area (Å²) >= 11 is 1.61. The van der Waals surface area contributed by atoms with Crippen LogP contribution in [0.3, 0.4) is 0 Å². The van der Waals surface area contributed by atoms with Crippen LogP contribution < -0.4 is 5.32 Å². The molecule has 0 bridgehead atoms. The average Bonchev–Trinajstić information content (AvgIpc) is 2.84. The maximum absolute atomic E-state index is 12.5. The highest BCUT2D eigenvalue weighted by Gasteiger charge is 2.11. The van der Waals surface area contributed by atoms with Gasteiger partial charge in [-0.1, -0.05) is 53.7 Å². The lowest BCUT2D eigenvalue weighted by molar-refractivity contribution is 0.0383. The molecule has 2 aromatic carbocycles. The van der Waals surface area contributed by atoms with E-state index in [1.165, 1.54) is 5.56 Å².